The van der Waals surface area contributed by atoms with E-state index in [4.69, 9.17) is 15.2 Å². The molecule has 1 saturated heterocycles. The van der Waals surface area contributed by atoms with E-state index >= 15 is 0 Å². The van der Waals surface area contributed by atoms with Crippen LogP contribution in [-0.2, 0) is 16.0 Å². The van der Waals surface area contributed by atoms with Crippen LogP contribution in [0.2, 0.25) is 0 Å². The van der Waals surface area contributed by atoms with Crippen LogP contribution in [0.1, 0.15) is 19.4 Å². The average Bonchev–Trinajstić information content (AvgIpc) is 2.26. The second-order valence-corrected chi connectivity index (χ2v) is 5.71. The van der Waals surface area contributed by atoms with Crippen LogP contribution < -0.4 is 5.73 Å². The number of nitrogen functional groups attached to an aromatic ring is 1. The molecule has 2 N–H and O–H groups in total. The van der Waals surface area contributed by atoms with E-state index in [0.29, 0.717) is 12.4 Å². The van der Waals surface area contributed by atoms with Crippen molar-refractivity contribution in [3.8, 4) is 0 Å². The third kappa shape index (κ3) is 4.16. The van der Waals surface area contributed by atoms with Gasteiger partial charge < -0.3 is 15.2 Å². The van der Waals surface area contributed by atoms with E-state index in [1.807, 2.05) is 12.1 Å². The first-order valence-electron chi connectivity index (χ1n) is 6.58. The lowest BCUT2D eigenvalue weighted by atomic mass is 10.0. The summed E-state index contributed by atoms with van der Waals surface area (Å²) in [7, 11) is 1.71. The number of rotatable bonds is 4. The third-order valence-corrected chi connectivity index (χ3v) is 3.16. The van der Waals surface area contributed by atoms with Crippen molar-refractivity contribution in [1.29, 1.82) is 0 Å². The molecule has 1 aliphatic rings. The second-order valence-electron chi connectivity index (χ2n) is 5.71. The van der Waals surface area contributed by atoms with Crippen LogP contribution in [0, 0.1) is 0 Å². The molecule has 5 nitrogen and oxygen atoms in total. The number of hydrogen-bond donors (Lipinski definition) is 1. The Bertz CT molecular complexity index is 423. The molecular weight excluding hydrogens is 242 g/mol. The largest absolute Gasteiger partial charge is 0.384 e. The highest BCUT2D eigenvalue weighted by Crippen LogP contribution is 2.22. The Labute approximate surface area is 114 Å². The second kappa shape index (κ2) is 5.86. The smallest absolute Gasteiger partial charge is 0.123 e. The summed E-state index contributed by atoms with van der Waals surface area (Å²) in [6.07, 6.45) is 1.87. The predicted octanol–water partition coefficient (Wildman–Crippen LogP) is 1.29. The number of morpholine rings is 1. The molecule has 5 heteroatoms. The van der Waals surface area contributed by atoms with Gasteiger partial charge in [0.15, 0.2) is 0 Å². The van der Waals surface area contributed by atoms with E-state index in [-0.39, 0.29) is 11.7 Å². The summed E-state index contributed by atoms with van der Waals surface area (Å²) in [5.41, 5.74) is 6.75. The maximum atomic E-state index is 6.00. The monoisotopic (exact) mass is 265 g/mol. The first kappa shape index (κ1) is 14.2. The van der Waals surface area contributed by atoms with Gasteiger partial charge in [-0.05, 0) is 31.5 Å². The summed E-state index contributed by atoms with van der Waals surface area (Å²) in [5.74, 6) is 0.568. The maximum absolute atomic E-state index is 6.00. The number of methoxy groups -OCH3 is 1. The summed E-state index contributed by atoms with van der Waals surface area (Å²) in [6.45, 7) is 7.48. The van der Waals surface area contributed by atoms with Crippen LogP contribution in [0.3, 0.4) is 0 Å². The van der Waals surface area contributed by atoms with E-state index in [2.05, 4.69) is 23.7 Å². The zero-order valence-electron chi connectivity index (χ0n) is 11.9. The van der Waals surface area contributed by atoms with Gasteiger partial charge >= 0.3 is 0 Å². The van der Waals surface area contributed by atoms with Gasteiger partial charge in [0.2, 0.25) is 0 Å². The molecule has 0 spiro atoms. The standard InChI is InChI=1S/C14H23N3O2/c1-14(2)10-17(8-12(19-14)9-18-3)7-11-4-5-16-13(15)6-11/h4-6,12H,7-10H2,1-3H3,(H2,15,16)/t12-/m1/s1. The summed E-state index contributed by atoms with van der Waals surface area (Å²) in [5, 5.41) is 0. The van der Waals surface area contributed by atoms with Crippen molar-refractivity contribution in [3.63, 3.8) is 0 Å². The summed E-state index contributed by atoms with van der Waals surface area (Å²) in [6, 6.07) is 3.93. The van der Waals surface area contributed by atoms with Gasteiger partial charge in [0, 0.05) is 32.9 Å². The van der Waals surface area contributed by atoms with Gasteiger partial charge in [-0.25, -0.2) is 4.98 Å². The molecule has 2 rings (SSSR count). The summed E-state index contributed by atoms with van der Waals surface area (Å²) in [4.78, 5) is 6.40. The molecule has 0 radical (unpaired) electrons. The molecule has 0 bridgehead atoms. The van der Waals surface area contributed by atoms with Crippen molar-refractivity contribution >= 4 is 5.82 Å². The summed E-state index contributed by atoms with van der Waals surface area (Å²) >= 11 is 0. The van der Waals surface area contributed by atoms with Gasteiger partial charge in [-0.3, -0.25) is 4.90 Å². The molecular formula is C14H23N3O2. The zero-order chi connectivity index (χ0) is 13.9. The van der Waals surface area contributed by atoms with Crippen molar-refractivity contribution in [2.24, 2.45) is 0 Å². The highest BCUT2D eigenvalue weighted by atomic mass is 16.5. The van der Waals surface area contributed by atoms with Crippen LogP contribution in [0.4, 0.5) is 5.82 Å². The molecule has 1 aromatic rings. The first-order valence-corrected chi connectivity index (χ1v) is 6.58. The van der Waals surface area contributed by atoms with Crippen LogP contribution in [-0.4, -0.2) is 48.4 Å². The number of pyridine rings is 1. The fourth-order valence-electron chi connectivity index (χ4n) is 2.66. The quantitative estimate of drug-likeness (QED) is 0.889. The van der Waals surface area contributed by atoms with Gasteiger partial charge in [-0.15, -0.1) is 0 Å². The Morgan fingerprint density at radius 3 is 3.05 bits per heavy atom. The van der Waals surface area contributed by atoms with Crippen molar-refractivity contribution in [1.82, 2.24) is 9.88 Å². The third-order valence-electron chi connectivity index (χ3n) is 3.16. The first-order chi connectivity index (χ1) is 8.98. The molecule has 106 valence electrons. The van der Waals surface area contributed by atoms with E-state index < -0.39 is 0 Å². The summed E-state index contributed by atoms with van der Waals surface area (Å²) < 4.78 is 11.2. The van der Waals surface area contributed by atoms with Gasteiger partial charge in [0.05, 0.1) is 18.3 Å². The Kier molecular flexibility index (Phi) is 4.39. The lowest BCUT2D eigenvalue weighted by molar-refractivity contribution is -0.154. The van der Waals surface area contributed by atoms with Crippen LogP contribution in [0.15, 0.2) is 18.3 Å². The predicted molar refractivity (Wildman–Crippen MR) is 74.8 cm³/mol. The number of hydrogen-bond acceptors (Lipinski definition) is 5. The number of aromatic nitrogens is 1. The highest BCUT2D eigenvalue weighted by Gasteiger charge is 2.33. The molecule has 1 aliphatic heterocycles. The lowest BCUT2D eigenvalue weighted by Crippen LogP contribution is -2.53. The van der Waals surface area contributed by atoms with Gasteiger partial charge in [-0.2, -0.15) is 0 Å². The Morgan fingerprint density at radius 1 is 1.58 bits per heavy atom. The number of nitrogens with two attached hydrogens (primary N) is 1. The lowest BCUT2D eigenvalue weighted by Gasteiger charge is -2.42. The molecule has 1 fully saturated rings. The van der Waals surface area contributed by atoms with Crippen LogP contribution >= 0.6 is 0 Å². The molecule has 2 heterocycles. The SMILES string of the molecule is COC[C@H]1CN(Cc2ccnc(N)c2)CC(C)(C)O1. The Balaban J connectivity index is 2.02. The van der Waals surface area contributed by atoms with Gasteiger partial charge in [-0.1, -0.05) is 0 Å². The van der Waals surface area contributed by atoms with E-state index in [0.717, 1.165) is 19.6 Å². The van der Waals surface area contributed by atoms with E-state index in [9.17, 15) is 0 Å². The molecule has 1 atom stereocenters. The Hall–Kier alpha value is -1.17. The molecule has 0 aliphatic carbocycles. The minimum atomic E-state index is -0.153. The van der Waals surface area contributed by atoms with Crippen LogP contribution in [0.25, 0.3) is 0 Å². The molecule has 0 saturated carbocycles. The molecule has 0 unspecified atom stereocenters. The van der Waals surface area contributed by atoms with Crippen molar-refractivity contribution < 1.29 is 9.47 Å². The Morgan fingerprint density at radius 2 is 2.37 bits per heavy atom. The van der Waals surface area contributed by atoms with Gasteiger partial charge in [0.25, 0.3) is 0 Å². The van der Waals surface area contributed by atoms with E-state index in [1.165, 1.54) is 5.56 Å². The van der Waals surface area contributed by atoms with E-state index in [1.54, 1.807) is 13.3 Å². The fraction of sp³-hybridized carbons (Fsp3) is 0.643. The number of nitrogens with zero attached hydrogens (tertiary/aromatic N) is 2. The molecule has 19 heavy (non-hydrogen) atoms. The molecule has 1 aromatic heterocycles. The maximum Gasteiger partial charge on any atom is 0.123 e. The minimum absolute atomic E-state index is 0.118. The topological polar surface area (TPSA) is 60.6 Å². The minimum Gasteiger partial charge on any atom is -0.384 e. The highest BCUT2D eigenvalue weighted by molar-refractivity contribution is 5.31. The van der Waals surface area contributed by atoms with Crippen molar-refractivity contribution in [2.75, 3.05) is 32.5 Å². The van der Waals surface area contributed by atoms with Crippen molar-refractivity contribution in [2.45, 2.75) is 32.1 Å². The zero-order valence-corrected chi connectivity index (χ0v) is 11.9. The normalized spacial score (nSPS) is 23.4. The molecule has 0 aromatic carbocycles. The van der Waals surface area contributed by atoms with Crippen molar-refractivity contribution in [3.05, 3.63) is 23.9 Å². The number of ether oxygens (including phenoxy) is 2. The average molecular weight is 265 g/mol. The fourth-order valence-corrected chi connectivity index (χ4v) is 2.66. The van der Waals surface area contributed by atoms with Crippen LogP contribution in [0.5, 0.6) is 0 Å². The molecule has 0 amide bonds. The van der Waals surface area contributed by atoms with Gasteiger partial charge in [0.1, 0.15) is 5.82 Å². The number of anilines is 1.